The van der Waals surface area contributed by atoms with Gasteiger partial charge in [-0.2, -0.15) is 0 Å². The first kappa shape index (κ1) is 10.5. The van der Waals surface area contributed by atoms with Gasteiger partial charge >= 0.3 is 0 Å². The maximum Gasteiger partial charge on any atom is 0.128 e. The SMILES string of the molecule is CC(C)(C)c1cccc(N2CCCC2)n1. The maximum atomic E-state index is 4.75. The minimum atomic E-state index is 0.149. The van der Waals surface area contributed by atoms with Gasteiger partial charge in [0.1, 0.15) is 5.82 Å². The number of anilines is 1. The number of hydrogen-bond donors (Lipinski definition) is 0. The second-order valence-corrected chi connectivity index (χ2v) is 5.33. The molecule has 1 fully saturated rings. The highest BCUT2D eigenvalue weighted by molar-refractivity contribution is 5.41. The summed E-state index contributed by atoms with van der Waals surface area (Å²) in [7, 11) is 0. The Labute approximate surface area is 92.3 Å². The quantitative estimate of drug-likeness (QED) is 0.699. The second kappa shape index (κ2) is 3.84. The Morgan fingerprint density at radius 3 is 2.40 bits per heavy atom. The van der Waals surface area contributed by atoms with Gasteiger partial charge in [-0.3, -0.25) is 0 Å². The lowest BCUT2D eigenvalue weighted by Crippen LogP contribution is -2.21. The first-order valence-corrected chi connectivity index (χ1v) is 5.80. The van der Waals surface area contributed by atoms with E-state index in [2.05, 4.69) is 43.9 Å². The number of hydrogen-bond acceptors (Lipinski definition) is 2. The van der Waals surface area contributed by atoms with Crippen LogP contribution in [0.25, 0.3) is 0 Å². The summed E-state index contributed by atoms with van der Waals surface area (Å²) in [6, 6.07) is 6.38. The van der Waals surface area contributed by atoms with Crippen LogP contribution in [0.15, 0.2) is 18.2 Å². The molecule has 0 atom stereocenters. The summed E-state index contributed by atoms with van der Waals surface area (Å²) >= 11 is 0. The highest BCUT2D eigenvalue weighted by atomic mass is 15.2. The molecule has 0 aliphatic carbocycles. The molecule has 1 aliphatic heterocycles. The van der Waals surface area contributed by atoms with Gasteiger partial charge in [-0.1, -0.05) is 26.8 Å². The van der Waals surface area contributed by atoms with E-state index in [1.165, 1.54) is 31.6 Å². The van der Waals surface area contributed by atoms with Crippen molar-refractivity contribution in [3.63, 3.8) is 0 Å². The van der Waals surface area contributed by atoms with Gasteiger partial charge in [0, 0.05) is 24.2 Å². The smallest absolute Gasteiger partial charge is 0.128 e. The van der Waals surface area contributed by atoms with Crippen molar-refractivity contribution in [1.82, 2.24) is 4.98 Å². The van der Waals surface area contributed by atoms with Crippen molar-refractivity contribution >= 4 is 5.82 Å². The minimum absolute atomic E-state index is 0.149. The van der Waals surface area contributed by atoms with Gasteiger partial charge in [0.05, 0.1) is 0 Å². The van der Waals surface area contributed by atoms with Gasteiger partial charge in [-0.05, 0) is 25.0 Å². The number of aromatic nitrogens is 1. The number of pyridine rings is 1. The number of nitrogens with zero attached hydrogens (tertiary/aromatic N) is 2. The predicted molar refractivity (Wildman–Crippen MR) is 64.4 cm³/mol. The van der Waals surface area contributed by atoms with Crippen LogP contribution in [0.4, 0.5) is 5.82 Å². The van der Waals surface area contributed by atoms with Gasteiger partial charge in [0.15, 0.2) is 0 Å². The zero-order chi connectivity index (χ0) is 10.9. The fourth-order valence-electron chi connectivity index (χ4n) is 1.96. The molecule has 15 heavy (non-hydrogen) atoms. The van der Waals surface area contributed by atoms with Gasteiger partial charge in [0.2, 0.25) is 0 Å². The standard InChI is InChI=1S/C13H20N2/c1-13(2,3)11-7-6-8-12(14-11)15-9-4-5-10-15/h6-8H,4-5,9-10H2,1-3H3. The summed E-state index contributed by atoms with van der Waals surface area (Å²) in [5.74, 6) is 1.15. The third-order valence-electron chi connectivity index (χ3n) is 2.93. The van der Waals surface area contributed by atoms with E-state index in [1.807, 2.05) is 0 Å². The van der Waals surface area contributed by atoms with Crippen molar-refractivity contribution in [3.8, 4) is 0 Å². The molecule has 2 heteroatoms. The van der Waals surface area contributed by atoms with Crippen molar-refractivity contribution in [2.45, 2.75) is 39.0 Å². The fourth-order valence-corrected chi connectivity index (χ4v) is 1.96. The van der Waals surface area contributed by atoms with Crippen LogP contribution in [0.1, 0.15) is 39.3 Å². The summed E-state index contributed by atoms with van der Waals surface area (Å²) < 4.78 is 0. The monoisotopic (exact) mass is 204 g/mol. The van der Waals surface area contributed by atoms with Crippen LogP contribution in [0.3, 0.4) is 0 Å². The Morgan fingerprint density at radius 2 is 1.80 bits per heavy atom. The first-order valence-electron chi connectivity index (χ1n) is 5.80. The molecule has 1 aromatic rings. The molecule has 2 rings (SSSR count). The van der Waals surface area contributed by atoms with E-state index in [0.29, 0.717) is 0 Å². The molecular formula is C13H20N2. The predicted octanol–water partition coefficient (Wildman–Crippen LogP) is 2.98. The summed E-state index contributed by atoms with van der Waals surface area (Å²) in [6.07, 6.45) is 2.61. The zero-order valence-electron chi connectivity index (χ0n) is 9.95. The highest BCUT2D eigenvalue weighted by Crippen LogP contribution is 2.24. The molecule has 82 valence electrons. The summed E-state index contributed by atoms with van der Waals surface area (Å²) in [6.45, 7) is 8.97. The molecule has 1 aliphatic rings. The topological polar surface area (TPSA) is 16.1 Å². The molecular weight excluding hydrogens is 184 g/mol. The van der Waals surface area contributed by atoms with E-state index in [9.17, 15) is 0 Å². The lowest BCUT2D eigenvalue weighted by molar-refractivity contribution is 0.568. The lowest BCUT2D eigenvalue weighted by atomic mass is 9.92. The maximum absolute atomic E-state index is 4.75. The van der Waals surface area contributed by atoms with E-state index in [1.54, 1.807) is 0 Å². The second-order valence-electron chi connectivity index (χ2n) is 5.33. The minimum Gasteiger partial charge on any atom is -0.357 e. The fraction of sp³-hybridized carbons (Fsp3) is 0.615. The van der Waals surface area contributed by atoms with Gasteiger partial charge in [-0.25, -0.2) is 4.98 Å². The van der Waals surface area contributed by atoms with Gasteiger partial charge in [-0.15, -0.1) is 0 Å². The molecule has 0 bridgehead atoms. The molecule has 0 saturated carbocycles. The average Bonchev–Trinajstić information content (AvgIpc) is 2.69. The van der Waals surface area contributed by atoms with Crippen molar-refractivity contribution < 1.29 is 0 Å². The van der Waals surface area contributed by atoms with Crippen LogP contribution >= 0.6 is 0 Å². The first-order chi connectivity index (χ1) is 7.07. The lowest BCUT2D eigenvalue weighted by Gasteiger charge is -2.22. The third-order valence-corrected chi connectivity index (χ3v) is 2.93. The van der Waals surface area contributed by atoms with E-state index in [4.69, 9.17) is 4.98 Å². The summed E-state index contributed by atoms with van der Waals surface area (Å²) in [4.78, 5) is 7.14. The molecule has 0 unspecified atom stereocenters. The molecule has 2 heterocycles. The average molecular weight is 204 g/mol. The molecule has 0 N–H and O–H groups in total. The van der Waals surface area contributed by atoms with Crippen molar-refractivity contribution in [2.75, 3.05) is 18.0 Å². The Kier molecular flexibility index (Phi) is 2.68. The highest BCUT2D eigenvalue weighted by Gasteiger charge is 2.18. The molecule has 0 aromatic carbocycles. The Morgan fingerprint density at radius 1 is 1.13 bits per heavy atom. The Bertz CT molecular complexity index is 333. The van der Waals surface area contributed by atoms with Crippen LogP contribution in [0.5, 0.6) is 0 Å². The molecule has 0 spiro atoms. The molecule has 1 saturated heterocycles. The van der Waals surface area contributed by atoms with Gasteiger partial charge < -0.3 is 4.90 Å². The van der Waals surface area contributed by atoms with Crippen LogP contribution in [-0.2, 0) is 5.41 Å². The van der Waals surface area contributed by atoms with Crippen molar-refractivity contribution in [2.24, 2.45) is 0 Å². The van der Waals surface area contributed by atoms with E-state index in [0.717, 1.165) is 5.82 Å². The van der Waals surface area contributed by atoms with E-state index >= 15 is 0 Å². The number of rotatable bonds is 1. The molecule has 0 amide bonds. The normalized spacial score (nSPS) is 17.1. The Hall–Kier alpha value is -1.05. The van der Waals surface area contributed by atoms with E-state index in [-0.39, 0.29) is 5.41 Å². The zero-order valence-corrected chi connectivity index (χ0v) is 9.95. The van der Waals surface area contributed by atoms with Crippen LogP contribution in [0.2, 0.25) is 0 Å². The van der Waals surface area contributed by atoms with Crippen molar-refractivity contribution in [1.29, 1.82) is 0 Å². The third kappa shape index (κ3) is 2.31. The van der Waals surface area contributed by atoms with E-state index < -0.39 is 0 Å². The van der Waals surface area contributed by atoms with Crippen LogP contribution in [-0.4, -0.2) is 18.1 Å². The summed E-state index contributed by atoms with van der Waals surface area (Å²) in [5, 5.41) is 0. The molecule has 2 nitrogen and oxygen atoms in total. The largest absolute Gasteiger partial charge is 0.357 e. The van der Waals surface area contributed by atoms with Crippen LogP contribution < -0.4 is 4.90 Å². The molecule has 0 radical (unpaired) electrons. The van der Waals surface area contributed by atoms with Crippen LogP contribution in [0, 0.1) is 0 Å². The molecule has 1 aromatic heterocycles. The summed E-state index contributed by atoms with van der Waals surface area (Å²) in [5.41, 5.74) is 1.34. The van der Waals surface area contributed by atoms with Crippen molar-refractivity contribution in [3.05, 3.63) is 23.9 Å². The van der Waals surface area contributed by atoms with Gasteiger partial charge in [0.25, 0.3) is 0 Å². The Balaban J connectivity index is 2.26.